The van der Waals surface area contributed by atoms with Gasteiger partial charge in [0.1, 0.15) is 6.54 Å². The lowest BCUT2D eigenvalue weighted by atomic mass is 10.2. The van der Waals surface area contributed by atoms with Gasteiger partial charge in [-0.2, -0.15) is 9.90 Å². The third-order valence-corrected chi connectivity index (χ3v) is 4.29. The largest absolute Gasteiger partial charge is 0.490 e. The van der Waals surface area contributed by atoms with Crippen LogP contribution in [0.5, 0.6) is 11.5 Å². The summed E-state index contributed by atoms with van der Waals surface area (Å²) in [5.41, 5.74) is 3.91. The van der Waals surface area contributed by atoms with E-state index in [2.05, 4.69) is 25.9 Å². The van der Waals surface area contributed by atoms with Crippen LogP contribution in [0.4, 0.5) is 0 Å². The number of rotatable bonds is 10. The molecule has 0 unspecified atom stereocenters. The summed E-state index contributed by atoms with van der Waals surface area (Å²) >= 11 is 0. The van der Waals surface area contributed by atoms with Gasteiger partial charge in [0, 0.05) is 19.7 Å². The molecule has 3 rings (SSSR count). The van der Waals surface area contributed by atoms with Crippen molar-refractivity contribution in [2.75, 3.05) is 27.3 Å². The average molecular weight is 451 g/mol. The number of nitrogens with zero attached hydrogens (tertiary/aromatic N) is 6. The number of aromatic nitrogens is 4. The van der Waals surface area contributed by atoms with Crippen molar-refractivity contribution in [1.82, 2.24) is 30.5 Å². The molecule has 11 heteroatoms. The zero-order valence-corrected chi connectivity index (χ0v) is 18.6. The summed E-state index contributed by atoms with van der Waals surface area (Å²) in [5.74, 6) is 0.781. The van der Waals surface area contributed by atoms with E-state index in [-0.39, 0.29) is 19.1 Å². The van der Waals surface area contributed by atoms with Gasteiger partial charge in [-0.1, -0.05) is 30.3 Å². The topological polar surface area (TPSA) is 124 Å². The van der Waals surface area contributed by atoms with Crippen molar-refractivity contribution >= 4 is 18.0 Å². The van der Waals surface area contributed by atoms with Crippen molar-refractivity contribution in [1.29, 1.82) is 0 Å². The molecule has 0 aliphatic carbocycles. The van der Waals surface area contributed by atoms with Crippen LogP contribution in [0.3, 0.4) is 0 Å². The molecule has 0 spiro atoms. The van der Waals surface area contributed by atoms with Crippen molar-refractivity contribution in [2.24, 2.45) is 5.10 Å². The average Bonchev–Trinajstić information content (AvgIpc) is 3.27. The minimum Gasteiger partial charge on any atom is -0.490 e. The van der Waals surface area contributed by atoms with Crippen molar-refractivity contribution in [3.8, 4) is 22.9 Å². The standard InChI is InChI=1S/C22H25N7O4/c1-4-32-19-12-16(10-11-18(19)33-15-21(31)28(2)3)13-23-24-20(30)14-29-26-22(25-27-29)17-8-6-5-7-9-17/h5-13H,4,14-15H2,1-3H3,(H,24,30)/b23-13-. The van der Waals surface area contributed by atoms with Gasteiger partial charge in [-0.05, 0) is 35.9 Å². The molecule has 0 aliphatic rings. The van der Waals surface area contributed by atoms with Gasteiger partial charge < -0.3 is 14.4 Å². The second kappa shape index (κ2) is 11.4. The minimum atomic E-state index is -0.407. The second-order valence-corrected chi connectivity index (χ2v) is 7.02. The summed E-state index contributed by atoms with van der Waals surface area (Å²) in [5, 5.41) is 16.0. The third-order valence-electron chi connectivity index (χ3n) is 4.29. The van der Waals surface area contributed by atoms with Crippen LogP contribution < -0.4 is 14.9 Å². The fourth-order valence-electron chi connectivity index (χ4n) is 2.62. The third kappa shape index (κ3) is 6.86. The number of amides is 2. The van der Waals surface area contributed by atoms with Gasteiger partial charge in [0.05, 0.1) is 12.8 Å². The molecule has 3 aromatic rings. The maximum absolute atomic E-state index is 12.1. The number of likely N-dealkylation sites (N-methyl/N-ethyl adjacent to an activating group) is 1. The lowest BCUT2D eigenvalue weighted by Crippen LogP contribution is -2.27. The molecule has 172 valence electrons. The quantitative estimate of drug-likeness (QED) is 0.365. The first-order valence-electron chi connectivity index (χ1n) is 10.2. The summed E-state index contributed by atoms with van der Waals surface area (Å²) in [7, 11) is 3.31. The first-order valence-corrected chi connectivity index (χ1v) is 10.2. The van der Waals surface area contributed by atoms with E-state index in [1.165, 1.54) is 15.9 Å². The van der Waals surface area contributed by atoms with Gasteiger partial charge in [0.15, 0.2) is 18.1 Å². The fourth-order valence-corrected chi connectivity index (χ4v) is 2.62. The highest BCUT2D eigenvalue weighted by Gasteiger charge is 2.11. The highest BCUT2D eigenvalue weighted by atomic mass is 16.5. The van der Waals surface area contributed by atoms with Crippen LogP contribution in [0.1, 0.15) is 12.5 Å². The van der Waals surface area contributed by atoms with Crippen LogP contribution in [-0.2, 0) is 16.1 Å². The number of hydrogen-bond donors (Lipinski definition) is 1. The summed E-state index contributed by atoms with van der Waals surface area (Å²) < 4.78 is 11.1. The number of carbonyl (C=O) groups is 2. The van der Waals surface area contributed by atoms with E-state index in [9.17, 15) is 9.59 Å². The zero-order chi connectivity index (χ0) is 23.6. The van der Waals surface area contributed by atoms with Crippen molar-refractivity contribution in [3.05, 3.63) is 54.1 Å². The first-order chi connectivity index (χ1) is 16.0. The fraction of sp³-hybridized carbons (Fsp3) is 0.273. The Kier molecular flexibility index (Phi) is 8.06. The van der Waals surface area contributed by atoms with Gasteiger partial charge in [-0.25, -0.2) is 5.43 Å². The van der Waals surface area contributed by atoms with Gasteiger partial charge in [0.25, 0.3) is 11.8 Å². The van der Waals surface area contributed by atoms with Crippen LogP contribution in [0, 0.1) is 0 Å². The SMILES string of the molecule is CCOc1cc(/C=N\NC(=O)Cn2nnc(-c3ccccc3)n2)ccc1OCC(=O)N(C)C. The van der Waals surface area contributed by atoms with Crippen LogP contribution in [-0.4, -0.2) is 70.4 Å². The van der Waals surface area contributed by atoms with Gasteiger partial charge >= 0.3 is 0 Å². The molecule has 11 nitrogen and oxygen atoms in total. The normalized spacial score (nSPS) is 10.8. The first kappa shape index (κ1) is 23.4. The molecule has 0 saturated heterocycles. The number of hydrogen-bond acceptors (Lipinski definition) is 8. The highest BCUT2D eigenvalue weighted by molar-refractivity contribution is 5.83. The Labute approximate surface area is 191 Å². The van der Waals surface area contributed by atoms with E-state index in [4.69, 9.17) is 9.47 Å². The molecule has 0 fully saturated rings. The zero-order valence-electron chi connectivity index (χ0n) is 18.6. The number of tetrazole rings is 1. The van der Waals surface area contributed by atoms with E-state index < -0.39 is 5.91 Å². The van der Waals surface area contributed by atoms with Gasteiger partial charge in [-0.15, -0.1) is 10.2 Å². The molecule has 1 aromatic heterocycles. The van der Waals surface area contributed by atoms with E-state index in [0.29, 0.717) is 29.5 Å². The number of ether oxygens (including phenoxy) is 2. The predicted molar refractivity (Wildman–Crippen MR) is 121 cm³/mol. The monoisotopic (exact) mass is 451 g/mol. The molecule has 0 bridgehead atoms. The van der Waals surface area contributed by atoms with E-state index >= 15 is 0 Å². The van der Waals surface area contributed by atoms with E-state index in [1.807, 2.05) is 37.3 Å². The lowest BCUT2D eigenvalue weighted by molar-refractivity contribution is -0.130. The van der Waals surface area contributed by atoms with Crippen molar-refractivity contribution in [3.63, 3.8) is 0 Å². The maximum atomic E-state index is 12.1. The molecule has 2 aromatic carbocycles. The van der Waals surface area contributed by atoms with Crippen LogP contribution >= 0.6 is 0 Å². The van der Waals surface area contributed by atoms with E-state index in [0.717, 1.165) is 5.56 Å². The molecule has 2 amide bonds. The Morgan fingerprint density at radius 3 is 2.64 bits per heavy atom. The van der Waals surface area contributed by atoms with Crippen molar-refractivity contribution in [2.45, 2.75) is 13.5 Å². The smallest absolute Gasteiger partial charge is 0.263 e. The minimum absolute atomic E-state index is 0.0983. The summed E-state index contributed by atoms with van der Waals surface area (Å²) in [6, 6.07) is 14.5. The molecule has 1 N–H and O–H groups in total. The maximum Gasteiger partial charge on any atom is 0.263 e. The van der Waals surface area contributed by atoms with Crippen molar-refractivity contribution < 1.29 is 19.1 Å². The van der Waals surface area contributed by atoms with Gasteiger partial charge in [-0.3, -0.25) is 9.59 Å². The van der Waals surface area contributed by atoms with Gasteiger partial charge in [0.2, 0.25) is 5.82 Å². The Morgan fingerprint density at radius 1 is 1.12 bits per heavy atom. The molecule has 1 heterocycles. The Morgan fingerprint density at radius 2 is 1.91 bits per heavy atom. The molecular formula is C22H25N7O4. The Balaban J connectivity index is 1.56. The molecule has 0 aliphatic heterocycles. The molecule has 0 atom stereocenters. The Hall–Kier alpha value is -4.28. The van der Waals surface area contributed by atoms with E-state index in [1.54, 1.807) is 32.3 Å². The number of hydrazone groups is 1. The molecule has 33 heavy (non-hydrogen) atoms. The number of carbonyl (C=O) groups excluding carboxylic acids is 2. The van der Waals surface area contributed by atoms with Crippen LogP contribution in [0.25, 0.3) is 11.4 Å². The highest BCUT2D eigenvalue weighted by Crippen LogP contribution is 2.28. The predicted octanol–water partition coefficient (Wildman–Crippen LogP) is 1.36. The lowest BCUT2D eigenvalue weighted by Gasteiger charge is -2.14. The molecule has 0 saturated carbocycles. The number of nitrogens with one attached hydrogen (secondary N) is 1. The van der Waals surface area contributed by atoms with Crippen LogP contribution in [0.2, 0.25) is 0 Å². The molecule has 0 radical (unpaired) electrons. The summed E-state index contributed by atoms with van der Waals surface area (Å²) in [4.78, 5) is 26.5. The Bertz CT molecular complexity index is 1110. The second-order valence-electron chi connectivity index (χ2n) is 7.02. The molecular weight excluding hydrogens is 426 g/mol. The summed E-state index contributed by atoms with van der Waals surface area (Å²) in [6.45, 7) is 2.04. The van der Waals surface area contributed by atoms with Crippen LogP contribution in [0.15, 0.2) is 53.6 Å². The number of benzene rings is 2. The summed E-state index contributed by atoms with van der Waals surface area (Å²) in [6.07, 6.45) is 1.47.